The summed E-state index contributed by atoms with van der Waals surface area (Å²) in [6.45, 7) is 5.43. The van der Waals surface area contributed by atoms with Crippen LogP contribution in [-0.4, -0.2) is 42.3 Å². The molecule has 1 heterocycles. The number of ketones is 1. The lowest BCUT2D eigenvalue weighted by Crippen LogP contribution is -2.42. The monoisotopic (exact) mass is 244 g/mol. The Balaban J connectivity index is 2.02. The molecule has 0 aromatic heterocycles. The van der Waals surface area contributed by atoms with E-state index < -0.39 is 0 Å². The molecule has 1 aliphatic heterocycles. The van der Waals surface area contributed by atoms with Gasteiger partial charge in [-0.3, -0.25) is 9.69 Å². The van der Waals surface area contributed by atoms with Crippen molar-refractivity contribution in [2.45, 2.75) is 13.5 Å². The maximum atomic E-state index is 11.2. The molecule has 0 amide bonds. The molecular weight excluding hydrogens is 224 g/mol. The summed E-state index contributed by atoms with van der Waals surface area (Å²) in [5.74, 6) is 0.124. The van der Waals surface area contributed by atoms with Crippen molar-refractivity contribution in [1.29, 1.82) is 0 Å². The molecule has 0 atom stereocenters. The number of hydrogen-bond acceptors (Lipinski definition) is 3. The molecule has 3 heteroatoms. The van der Waals surface area contributed by atoms with E-state index in [9.17, 15) is 4.79 Å². The summed E-state index contributed by atoms with van der Waals surface area (Å²) >= 11 is 0. The van der Waals surface area contributed by atoms with Crippen LogP contribution < -0.4 is 0 Å². The highest BCUT2D eigenvalue weighted by Crippen LogP contribution is 2.14. The van der Waals surface area contributed by atoms with Crippen LogP contribution in [0.3, 0.4) is 0 Å². The van der Waals surface area contributed by atoms with Crippen LogP contribution in [0.2, 0.25) is 0 Å². The molecule has 96 valence electrons. The molecule has 0 aliphatic carbocycles. The fourth-order valence-corrected chi connectivity index (χ4v) is 2.23. The fourth-order valence-electron chi connectivity index (χ4n) is 2.23. The number of rotatable bonds is 3. The van der Waals surface area contributed by atoms with E-state index in [1.54, 1.807) is 13.0 Å². The van der Waals surface area contributed by atoms with Crippen molar-refractivity contribution >= 4 is 5.78 Å². The molecule has 3 nitrogen and oxygen atoms in total. The third-order valence-corrected chi connectivity index (χ3v) is 3.25. The van der Waals surface area contributed by atoms with Gasteiger partial charge in [0.1, 0.15) is 0 Å². The first-order valence-electron chi connectivity index (χ1n) is 6.33. The number of hydrogen-bond donors (Lipinski definition) is 0. The zero-order chi connectivity index (χ0) is 13.0. The maximum Gasteiger partial charge on any atom is 0.154 e. The van der Waals surface area contributed by atoms with E-state index in [-0.39, 0.29) is 5.78 Å². The minimum Gasteiger partial charge on any atom is -0.375 e. The van der Waals surface area contributed by atoms with Crippen molar-refractivity contribution in [3.05, 3.63) is 47.7 Å². The Morgan fingerprint density at radius 1 is 1.28 bits per heavy atom. The Labute approximate surface area is 109 Å². The number of likely N-dealkylation sites (N-methyl/N-ethyl adjacent to an activating group) is 1. The summed E-state index contributed by atoms with van der Waals surface area (Å²) in [5.41, 5.74) is 2.44. The summed E-state index contributed by atoms with van der Waals surface area (Å²) in [5, 5.41) is 0. The van der Waals surface area contributed by atoms with Crippen molar-refractivity contribution in [2.75, 3.05) is 26.7 Å². The summed E-state index contributed by atoms with van der Waals surface area (Å²) in [4.78, 5) is 15.7. The van der Waals surface area contributed by atoms with Gasteiger partial charge in [-0.15, -0.1) is 0 Å². The van der Waals surface area contributed by atoms with Gasteiger partial charge in [-0.1, -0.05) is 30.3 Å². The third-order valence-electron chi connectivity index (χ3n) is 3.25. The fraction of sp³-hybridized carbons (Fsp3) is 0.400. The number of carbonyl (C=O) groups excluding carboxylic acids is 1. The molecule has 0 unspecified atom stereocenters. The Bertz CT molecular complexity index is 439. The molecule has 0 spiro atoms. The number of nitrogens with zero attached hydrogens (tertiary/aromatic N) is 2. The maximum absolute atomic E-state index is 11.2. The number of allylic oxidation sites excluding steroid dienone is 1. The molecule has 0 saturated carbocycles. The molecule has 1 aliphatic rings. The van der Waals surface area contributed by atoms with Gasteiger partial charge in [-0.2, -0.15) is 0 Å². The van der Waals surface area contributed by atoms with Crippen molar-refractivity contribution in [3.63, 3.8) is 0 Å². The van der Waals surface area contributed by atoms with E-state index in [4.69, 9.17) is 0 Å². The lowest BCUT2D eigenvalue weighted by Gasteiger charge is -2.35. The second-order valence-electron chi connectivity index (χ2n) is 4.86. The van der Waals surface area contributed by atoms with Crippen LogP contribution in [0, 0.1) is 0 Å². The molecule has 18 heavy (non-hydrogen) atoms. The Morgan fingerprint density at radius 2 is 2.00 bits per heavy atom. The highest BCUT2D eigenvalue weighted by molar-refractivity contribution is 5.87. The lowest BCUT2D eigenvalue weighted by molar-refractivity contribution is -0.112. The average Bonchev–Trinajstić information content (AvgIpc) is 2.34. The summed E-state index contributed by atoms with van der Waals surface area (Å²) in [7, 11) is 2.05. The lowest BCUT2D eigenvalue weighted by atomic mass is 10.1. The van der Waals surface area contributed by atoms with Crippen LogP contribution in [0.4, 0.5) is 0 Å². The van der Waals surface area contributed by atoms with E-state index in [0.717, 1.165) is 31.9 Å². The van der Waals surface area contributed by atoms with Gasteiger partial charge in [0.25, 0.3) is 0 Å². The standard InChI is InChI=1S/C15H20N2O/c1-13(18)10-15-12-17(9-8-16(15)2)11-14-6-4-3-5-7-14/h3-7,10H,8-9,11-12H2,1-2H3/b15-10-. The molecule has 1 aromatic rings. The quantitative estimate of drug-likeness (QED) is 0.759. The number of benzene rings is 1. The van der Waals surface area contributed by atoms with Gasteiger partial charge in [-0.05, 0) is 12.5 Å². The minimum absolute atomic E-state index is 0.124. The highest BCUT2D eigenvalue weighted by Gasteiger charge is 2.18. The first-order valence-corrected chi connectivity index (χ1v) is 6.33. The highest BCUT2D eigenvalue weighted by atomic mass is 16.1. The van der Waals surface area contributed by atoms with E-state index in [1.165, 1.54) is 5.56 Å². The van der Waals surface area contributed by atoms with E-state index >= 15 is 0 Å². The van der Waals surface area contributed by atoms with Gasteiger partial charge in [0.05, 0.1) is 0 Å². The number of piperazine rings is 1. The van der Waals surface area contributed by atoms with Crippen LogP contribution in [0.25, 0.3) is 0 Å². The zero-order valence-corrected chi connectivity index (χ0v) is 11.1. The molecule has 1 saturated heterocycles. The number of carbonyl (C=O) groups is 1. The van der Waals surface area contributed by atoms with Crippen molar-refractivity contribution in [1.82, 2.24) is 9.80 Å². The van der Waals surface area contributed by atoms with Crippen LogP contribution >= 0.6 is 0 Å². The predicted molar refractivity (Wildman–Crippen MR) is 73.1 cm³/mol. The van der Waals surface area contributed by atoms with Gasteiger partial charge in [0.2, 0.25) is 0 Å². The van der Waals surface area contributed by atoms with Gasteiger partial charge in [0.15, 0.2) is 5.78 Å². The van der Waals surface area contributed by atoms with Gasteiger partial charge in [0, 0.05) is 45.0 Å². The van der Waals surface area contributed by atoms with E-state index in [1.807, 2.05) is 6.07 Å². The predicted octanol–water partition coefficient (Wildman–Crippen LogP) is 1.91. The van der Waals surface area contributed by atoms with Crippen molar-refractivity contribution < 1.29 is 4.79 Å². The van der Waals surface area contributed by atoms with Crippen LogP contribution in [0.1, 0.15) is 12.5 Å². The molecule has 2 rings (SSSR count). The third kappa shape index (κ3) is 3.44. The molecular formula is C15H20N2O. The summed E-state index contributed by atoms with van der Waals surface area (Å²) in [6.07, 6.45) is 1.75. The normalized spacial score (nSPS) is 19.2. The van der Waals surface area contributed by atoms with Crippen molar-refractivity contribution in [3.8, 4) is 0 Å². The van der Waals surface area contributed by atoms with Gasteiger partial charge < -0.3 is 4.90 Å². The first-order chi connectivity index (χ1) is 8.65. The van der Waals surface area contributed by atoms with Crippen LogP contribution in [0.15, 0.2) is 42.1 Å². The second kappa shape index (κ2) is 5.83. The van der Waals surface area contributed by atoms with E-state index in [0.29, 0.717) is 0 Å². The summed E-state index contributed by atoms with van der Waals surface area (Å²) in [6, 6.07) is 10.5. The molecule has 1 aromatic carbocycles. The Morgan fingerprint density at radius 3 is 2.67 bits per heavy atom. The molecule has 0 N–H and O–H groups in total. The SMILES string of the molecule is CC(=O)/C=C1/CN(Cc2ccccc2)CCN1C. The average molecular weight is 244 g/mol. The summed E-state index contributed by atoms with van der Waals surface area (Å²) < 4.78 is 0. The minimum atomic E-state index is 0.124. The molecule has 1 fully saturated rings. The largest absolute Gasteiger partial charge is 0.375 e. The second-order valence-corrected chi connectivity index (χ2v) is 4.86. The zero-order valence-electron chi connectivity index (χ0n) is 11.1. The molecule has 0 bridgehead atoms. The van der Waals surface area contributed by atoms with E-state index in [2.05, 4.69) is 41.1 Å². The first kappa shape index (κ1) is 12.8. The van der Waals surface area contributed by atoms with Gasteiger partial charge >= 0.3 is 0 Å². The Hall–Kier alpha value is -1.61. The molecule has 0 radical (unpaired) electrons. The van der Waals surface area contributed by atoms with Crippen LogP contribution in [-0.2, 0) is 11.3 Å². The Kier molecular flexibility index (Phi) is 4.15. The topological polar surface area (TPSA) is 23.6 Å². The van der Waals surface area contributed by atoms with Crippen LogP contribution in [0.5, 0.6) is 0 Å². The van der Waals surface area contributed by atoms with Gasteiger partial charge in [-0.25, -0.2) is 0 Å². The smallest absolute Gasteiger partial charge is 0.154 e. The van der Waals surface area contributed by atoms with Crippen molar-refractivity contribution in [2.24, 2.45) is 0 Å².